The number of nitrogens with zero attached hydrogens (tertiary/aromatic N) is 3. The molecule has 0 atom stereocenters. The summed E-state index contributed by atoms with van der Waals surface area (Å²) < 4.78 is 5.44. The summed E-state index contributed by atoms with van der Waals surface area (Å²) in [5, 5.41) is 10.8. The molecule has 1 aliphatic heterocycles. The molecule has 0 spiro atoms. The molecule has 0 amide bonds. The van der Waals surface area contributed by atoms with E-state index in [2.05, 4.69) is 32.6 Å². The van der Waals surface area contributed by atoms with E-state index in [1.807, 2.05) is 36.4 Å². The Kier molecular flexibility index (Phi) is 7.07. The number of rotatable bonds is 7. The van der Waals surface area contributed by atoms with Crippen molar-refractivity contribution in [1.29, 1.82) is 0 Å². The summed E-state index contributed by atoms with van der Waals surface area (Å²) in [4.78, 5) is 7.14. The lowest BCUT2D eigenvalue weighted by Gasteiger charge is -2.26. The van der Waals surface area contributed by atoms with Gasteiger partial charge in [0.2, 0.25) is 0 Å². The normalized spacial score (nSPS) is 15.8. The van der Waals surface area contributed by atoms with E-state index in [9.17, 15) is 0 Å². The zero-order valence-electron chi connectivity index (χ0n) is 15.6. The lowest BCUT2D eigenvalue weighted by atomic mass is 10.1. The van der Waals surface area contributed by atoms with E-state index in [1.54, 1.807) is 0 Å². The second-order valence-corrected chi connectivity index (χ2v) is 6.57. The van der Waals surface area contributed by atoms with Crippen LogP contribution >= 0.6 is 0 Å². The fraction of sp³-hybridized carbons (Fsp3) is 0.500. The Bertz CT molecular complexity index is 677. The molecule has 6 nitrogen and oxygen atoms in total. The zero-order chi connectivity index (χ0) is 18.0. The molecule has 1 aromatic carbocycles. The minimum atomic E-state index is 0.495. The highest BCUT2D eigenvalue weighted by atomic mass is 16.5. The third kappa shape index (κ3) is 5.59. The molecule has 0 bridgehead atoms. The molecule has 140 valence electrons. The predicted molar refractivity (Wildman–Crippen MR) is 105 cm³/mol. The molecule has 1 saturated heterocycles. The number of hydrogen-bond acceptors (Lipinski definition) is 4. The third-order valence-electron chi connectivity index (χ3n) is 4.53. The molecule has 0 aliphatic carbocycles. The molecule has 0 radical (unpaired) electrons. The van der Waals surface area contributed by atoms with Crippen molar-refractivity contribution in [3.05, 3.63) is 42.1 Å². The van der Waals surface area contributed by atoms with E-state index in [0.29, 0.717) is 6.54 Å². The number of likely N-dealkylation sites (tertiary alicyclic amines) is 1. The highest BCUT2D eigenvalue weighted by Crippen LogP contribution is 2.19. The number of piperidine rings is 1. The number of aliphatic imine (C=N–C) groups is 1. The van der Waals surface area contributed by atoms with E-state index in [4.69, 9.17) is 4.52 Å². The molecular formula is C20H29N5O. The van der Waals surface area contributed by atoms with Gasteiger partial charge in [-0.3, -0.25) is 0 Å². The average molecular weight is 355 g/mol. The van der Waals surface area contributed by atoms with Gasteiger partial charge in [0.1, 0.15) is 5.69 Å². The van der Waals surface area contributed by atoms with Crippen LogP contribution in [0.3, 0.4) is 0 Å². The summed E-state index contributed by atoms with van der Waals surface area (Å²) in [6.45, 7) is 7.81. The Morgan fingerprint density at radius 1 is 1.15 bits per heavy atom. The molecule has 2 aromatic rings. The maximum Gasteiger partial charge on any atom is 0.191 e. The summed E-state index contributed by atoms with van der Waals surface area (Å²) in [5.74, 6) is 1.60. The number of benzene rings is 1. The highest BCUT2D eigenvalue weighted by Gasteiger charge is 2.10. The first-order chi connectivity index (χ1) is 12.8. The van der Waals surface area contributed by atoms with E-state index in [1.165, 1.54) is 32.4 Å². The SMILES string of the molecule is CCNC(=NCc1cc(-c2ccccc2)on1)NCCN1CCCCC1. The van der Waals surface area contributed by atoms with Crippen LogP contribution in [0, 0.1) is 0 Å². The molecule has 0 unspecified atom stereocenters. The lowest BCUT2D eigenvalue weighted by Crippen LogP contribution is -2.42. The minimum absolute atomic E-state index is 0.495. The van der Waals surface area contributed by atoms with Crippen molar-refractivity contribution in [2.45, 2.75) is 32.7 Å². The van der Waals surface area contributed by atoms with Crippen LogP contribution in [0.2, 0.25) is 0 Å². The number of nitrogens with one attached hydrogen (secondary N) is 2. The summed E-state index contributed by atoms with van der Waals surface area (Å²) in [6.07, 6.45) is 4.02. The smallest absolute Gasteiger partial charge is 0.191 e. The maximum absolute atomic E-state index is 5.44. The standard InChI is InChI=1S/C20H29N5O/c1-2-21-20(22-11-14-25-12-7-4-8-13-25)23-16-18-15-19(26-24-18)17-9-5-3-6-10-17/h3,5-6,9-10,15H,2,4,7-8,11-14,16H2,1H3,(H2,21,22,23). The number of guanidine groups is 1. The van der Waals surface area contributed by atoms with Gasteiger partial charge in [-0.25, -0.2) is 4.99 Å². The second kappa shape index (κ2) is 9.97. The van der Waals surface area contributed by atoms with Gasteiger partial charge in [-0.05, 0) is 32.9 Å². The van der Waals surface area contributed by atoms with Gasteiger partial charge in [0.05, 0.1) is 6.54 Å². The van der Waals surface area contributed by atoms with Crippen LogP contribution < -0.4 is 10.6 Å². The fourth-order valence-electron chi connectivity index (χ4n) is 3.14. The summed E-state index contributed by atoms with van der Waals surface area (Å²) in [6, 6.07) is 12.0. The Labute approximate surface area is 155 Å². The van der Waals surface area contributed by atoms with Crippen LogP contribution in [0.15, 0.2) is 45.9 Å². The van der Waals surface area contributed by atoms with E-state index in [0.717, 1.165) is 42.6 Å². The molecule has 6 heteroatoms. The molecular weight excluding hydrogens is 326 g/mol. The third-order valence-corrected chi connectivity index (χ3v) is 4.53. The van der Waals surface area contributed by atoms with Crippen LogP contribution in [0.5, 0.6) is 0 Å². The van der Waals surface area contributed by atoms with Crippen LogP contribution in [0.25, 0.3) is 11.3 Å². The predicted octanol–water partition coefficient (Wildman–Crippen LogP) is 2.88. The van der Waals surface area contributed by atoms with Gasteiger partial charge in [-0.1, -0.05) is 41.9 Å². The summed E-state index contributed by atoms with van der Waals surface area (Å²) in [7, 11) is 0. The molecule has 0 saturated carbocycles. The molecule has 2 N–H and O–H groups in total. The molecule has 1 aromatic heterocycles. The highest BCUT2D eigenvalue weighted by molar-refractivity contribution is 5.79. The van der Waals surface area contributed by atoms with Crippen molar-refractivity contribution in [2.24, 2.45) is 4.99 Å². The molecule has 3 rings (SSSR count). The number of aromatic nitrogens is 1. The molecule has 2 heterocycles. The number of hydrogen-bond donors (Lipinski definition) is 2. The Hall–Kier alpha value is -2.34. The molecule has 1 aliphatic rings. The van der Waals surface area contributed by atoms with Crippen molar-refractivity contribution >= 4 is 5.96 Å². The Balaban J connectivity index is 1.51. The first-order valence-corrected chi connectivity index (χ1v) is 9.60. The maximum atomic E-state index is 5.44. The van der Waals surface area contributed by atoms with Crippen molar-refractivity contribution < 1.29 is 4.52 Å². The van der Waals surface area contributed by atoms with Crippen molar-refractivity contribution in [1.82, 2.24) is 20.7 Å². The summed E-state index contributed by atoms with van der Waals surface area (Å²) in [5.41, 5.74) is 1.86. The van der Waals surface area contributed by atoms with E-state index < -0.39 is 0 Å². The zero-order valence-corrected chi connectivity index (χ0v) is 15.6. The molecule has 26 heavy (non-hydrogen) atoms. The van der Waals surface area contributed by atoms with Crippen molar-refractivity contribution in [3.8, 4) is 11.3 Å². The first kappa shape index (κ1) is 18.5. The van der Waals surface area contributed by atoms with E-state index in [-0.39, 0.29) is 0 Å². The largest absolute Gasteiger partial charge is 0.357 e. The average Bonchev–Trinajstić information content (AvgIpc) is 3.17. The van der Waals surface area contributed by atoms with Gasteiger partial charge in [0.15, 0.2) is 11.7 Å². The second-order valence-electron chi connectivity index (χ2n) is 6.57. The quantitative estimate of drug-likeness (QED) is 0.591. The van der Waals surface area contributed by atoms with Gasteiger partial charge in [-0.2, -0.15) is 0 Å². The van der Waals surface area contributed by atoms with Crippen LogP contribution in [0.4, 0.5) is 0 Å². The Morgan fingerprint density at radius 2 is 1.96 bits per heavy atom. The first-order valence-electron chi connectivity index (χ1n) is 9.60. The van der Waals surface area contributed by atoms with Crippen LogP contribution in [-0.2, 0) is 6.54 Å². The van der Waals surface area contributed by atoms with Crippen LogP contribution in [0.1, 0.15) is 31.9 Å². The van der Waals surface area contributed by atoms with E-state index >= 15 is 0 Å². The van der Waals surface area contributed by atoms with Gasteiger partial charge >= 0.3 is 0 Å². The minimum Gasteiger partial charge on any atom is -0.357 e. The van der Waals surface area contributed by atoms with Crippen LogP contribution in [-0.4, -0.2) is 48.7 Å². The van der Waals surface area contributed by atoms with Gasteiger partial charge < -0.3 is 20.1 Å². The molecule has 1 fully saturated rings. The fourth-order valence-corrected chi connectivity index (χ4v) is 3.14. The summed E-state index contributed by atoms with van der Waals surface area (Å²) >= 11 is 0. The van der Waals surface area contributed by atoms with Crippen molar-refractivity contribution in [2.75, 3.05) is 32.7 Å². The Morgan fingerprint density at radius 3 is 2.73 bits per heavy atom. The van der Waals surface area contributed by atoms with Gasteiger partial charge in [0, 0.05) is 31.3 Å². The monoisotopic (exact) mass is 355 g/mol. The topological polar surface area (TPSA) is 65.7 Å². The lowest BCUT2D eigenvalue weighted by molar-refractivity contribution is 0.232. The van der Waals surface area contributed by atoms with Gasteiger partial charge in [-0.15, -0.1) is 0 Å². The van der Waals surface area contributed by atoms with Gasteiger partial charge in [0.25, 0.3) is 0 Å². The van der Waals surface area contributed by atoms with Crippen molar-refractivity contribution in [3.63, 3.8) is 0 Å².